The molecule has 0 aromatic carbocycles. The van der Waals surface area contributed by atoms with Crippen LogP contribution in [-0.2, 0) is 28.6 Å². The lowest BCUT2D eigenvalue weighted by Crippen LogP contribution is -2.30. The summed E-state index contributed by atoms with van der Waals surface area (Å²) in [6, 6.07) is 0. The van der Waals surface area contributed by atoms with Gasteiger partial charge in [0.1, 0.15) is 13.2 Å². The lowest BCUT2D eigenvalue weighted by atomic mass is 10.0. The molecule has 0 aliphatic rings. The van der Waals surface area contributed by atoms with Gasteiger partial charge in [0.05, 0.1) is 0 Å². The largest absolute Gasteiger partial charge is 0.462 e. The molecule has 0 spiro atoms. The number of hydrogen-bond donors (Lipinski definition) is 0. The van der Waals surface area contributed by atoms with E-state index in [0.29, 0.717) is 19.3 Å². The molecule has 71 heavy (non-hydrogen) atoms. The summed E-state index contributed by atoms with van der Waals surface area (Å²) in [7, 11) is 0. The second kappa shape index (κ2) is 58.6. The van der Waals surface area contributed by atoms with Crippen molar-refractivity contribution in [3.05, 3.63) is 109 Å². The zero-order chi connectivity index (χ0) is 51.4. The molecule has 0 aromatic heterocycles. The average Bonchev–Trinajstić information content (AvgIpc) is 3.37. The Labute approximate surface area is 438 Å². The van der Waals surface area contributed by atoms with E-state index in [1.54, 1.807) is 0 Å². The van der Waals surface area contributed by atoms with E-state index in [1.165, 1.54) is 96.3 Å². The van der Waals surface area contributed by atoms with E-state index >= 15 is 0 Å². The van der Waals surface area contributed by atoms with Crippen molar-refractivity contribution in [1.29, 1.82) is 0 Å². The molecule has 0 aliphatic carbocycles. The Morgan fingerprint density at radius 2 is 0.549 bits per heavy atom. The van der Waals surface area contributed by atoms with Gasteiger partial charge in [-0.2, -0.15) is 0 Å². The van der Waals surface area contributed by atoms with Crippen molar-refractivity contribution in [2.75, 3.05) is 13.2 Å². The zero-order valence-electron chi connectivity index (χ0n) is 46.2. The molecule has 1 unspecified atom stereocenters. The highest BCUT2D eigenvalue weighted by atomic mass is 16.6. The summed E-state index contributed by atoms with van der Waals surface area (Å²) in [6.45, 7) is 6.29. The third-order valence-corrected chi connectivity index (χ3v) is 12.3. The molecule has 0 N–H and O–H groups in total. The molecular weight excluding hydrogens is 877 g/mol. The van der Waals surface area contributed by atoms with Crippen molar-refractivity contribution in [3.8, 4) is 0 Å². The number of ether oxygens (including phenoxy) is 3. The van der Waals surface area contributed by atoms with E-state index in [-0.39, 0.29) is 37.5 Å². The first-order chi connectivity index (χ1) is 35.0. The van der Waals surface area contributed by atoms with E-state index in [9.17, 15) is 14.4 Å². The van der Waals surface area contributed by atoms with Crippen LogP contribution in [0.25, 0.3) is 0 Å². The fourth-order valence-electron chi connectivity index (χ4n) is 7.93. The van der Waals surface area contributed by atoms with Gasteiger partial charge in [-0.25, -0.2) is 0 Å². The third-order valence-electron chi connectivity index (χ3n) is 12.3. The average molecular weight is 986 g/mol. The molecule has 0 saturated carbocycles. The maximum atomic E-state index is 12.7. The molecular formula is C65H108O6. The summed E-state index contributed by atoms with van der Waals surface area (Å²) in [5.41, 5.74) is 0. The lowest BCUT2D eigenvalue weighted by molar-refractivity contribution is -0.167. The van der Waals surface area contributed by atoms with Crippen LogP contribution in [0.15, 0.2) is 109 Å². The molecule has 0 fully saturated rings. The van der Waals surface area contributed by atoms with Gasteiger partial charge in [-0.1, -0.05) is 252 Å². The van der Waals surface area contributed by atoms with E-state index in [1.807, 2.05) is 0 Å². The van der Waals surface area contributed by atoms with Gasteiger partial charge in [0.2, 0.25) is 0 Å². The first-order valence-electron chi connectivity index (χ1n) is 29.4. The van der Waals surface area contributed by atoms with Gasteiger partial charge in [0.25, 0.3) is 0 Å². The molecule has 6 heteroatoms. The van der Waals surface area contributed by atoms with Crippen molar-refractivity contribution in [1.82, 2.24) is 0 Å². The van der Waals surface area contributed by atoms with Gasteiger partial charge >= 0.3 is 17.9 Å². The number of allylic oxidation sites excluding steroid dienone is 18. The molecule has 404 valence electrons. The highest BCUT2D eigenvalue weighted by Crippen LogP contribution is 2.16. The van der Waals surface area contributed by atoms with Crippen molar-refractivity contribution in [2.45, 2.75) is 271 Å². The van der Waals surface area contributed by atoms with E-state index in [0.717, 1.165) is 122 Å². The number of esters is 3. The Hall–Kier alpha value is -3.93. The molecule has 0 bridgehead atoms. The fourth-order valence-corrected chi connectivity index (χ4v) is 7.93. The zero-order valence-corrected chi connectivity index (χ0v) is 46.2. The monoisotopic (exact) mass is 985 g/mol. The Bertz CT molecular complexity index is 1460. The first-order valence-corrected chi connectivity index (χ1v) is 29.4. The molecule has 6 nitrogen and oxygen atoms in total. The predicted molar refractivity (Wildman–Crippen MR) is 307 cm³/mol. The van der Waals surface area contributed by atoms with Crippen molar-refractivity contribution < 1.29 is 28.6 Å². The van der Waals surface area contributed by atoms with Crippen molar-refractivity contribution in [3.63, 3.8) is 0 Å². The second-order valence-corrected chi connectivity index (χ2v) is 19.1. The normalized spacial score (nSPS) is 12.9. The van der Waals surface area contributed by atoms with Gasteiger partial charge in [-0.3, -0.25) is 14.4 Å². The number of carbonyl (C=O) groups excluding carboxylic acids is 3. The number of rotatable bonds is 52. The van der Waals surface area contributed by atoms with Crippen LogP contribution in [-0.4, -0.2) is 37.2 Å². The SMILES string of the molecule is CC/C=C\C/C=C\C/C=C\C/C=C\C/C=C\CCCCCCCCCCCCCCCCCCCC(=O)OCC(COC(=O)CCCCCCC)OC(=O)CCCC/C=C\C/C=C\C/C=C\C/C=C\CC. The minimum atomic E-state index is -0.795. The molecule has 0 radical (unpaired) electrons. The van der Waals surface area contributed by atoms with E-state index in [4.69, 9.17) is 14.2 Å². The number of carbonyl (C=O) groups is 3. The van der Waals surface area contributed by atoms with Gasteiger partial charge < -0.3 is 14.2 Å². The van der Waals surface area contributed by atoms with Crippen LogP contribution in [0.2, 0.25) is 0 Å². The van der Waals surface area contributed by atoms with Gasteiger partial charge in [-0.05, 0) is 103 Å². The van der Waals surface area contributed by atoms with Gasteiger partial charge in [0.15, 0.2) is 6.10 Å². The minimum absolute atomic E-state index is 0.0935. The lowest BCUT2D eigenvalue weighted by Gasteiger charge is -2.18. The summed E-state index contributed by atoms with van der Waals surface area (Å²) < 4.78 is 16.7. The smallest absolute Gasteiger partial charge is 0.306 e. The summed E-state index contributed by atoms with van der Waals surface area (Å²) in [5, 5.41) is 0. The Morgan fingerprint density at radius 3 is 0.887 bits per heavy atom. The maximum absolute atomic E-state index is 12.7. The molecule has 0 saturated heterocycles. The van der Waals surface area contributed by atoms with E-state index < -0.39 is 6.10 Å². The van der Waals surface area contributed by atoms with Crippen LogP contribution < -0.4 is 0 Å². The summed E-state index contributed by atoms with van der Waals surface area (Å²) in [5.74, 6) is -0.949. The topological polar surface area (TPSA) is 78.9 Å². The van der Waals surface area contributed by atoms with Crippen LogP contribution in [0.5, 0.6) is 0 Å². The van der Waals surface area contributed by atoms with Crippen LogP contribution in [0.3, 0.4) is 0 Å². The molecule has 0 rings (SSSR count). The highest BCUT2D eigenvalue weighted by molar-refractivity contribution is 5.71. The van der Waals surface area contributed by atoms with Crippen LogP contribution in [0, 0.1) is 0 Å². The van der Waals surface area contributed by atoms with Crippen molar-refractivity contribution in [2.24, 2.45) is 0 Å². The predicted octanol–water partition coefficient (Wildman–Crippen LogP) is 19.9. The molecule has 0 amide bonds. The minimum Gasteiger partial charge on any atom is -0.462 e. The maximum Gasteiger partial charge on any atom is 0.306 e. The Kier molecular flexibility index (Phi) is 55.4. The summed E-state index contributed by atoms with van der Waals surface area (Å²) in [6.07, 6.45) is 80.1. The van der Waals surface area contributed by atoms with Crippen molar-refractivity contribution >= 4 is 17.9 Å². The second-order valence-electron chi connectivity index (χ2n) is 19.1. The molecule has 0 aliphatic heterocycles. The van der Waals surface area contributed by atoms with E-state index in [2.05, 4.69) is 130 Å². The molecule has 0 aromatic rings. The summed E-state index contributed by atoms with van der Waals surface area (Å²) in [4.78, 5) is 37.7. The van der Waals surface area contributed by atoms with Crippen LogP contribution >= 0.6 is 0 Å². The van der Waals surface area contributed by atoms with Gasteiger partial charge in [0, 0.05) is 19.3 Å². The highest BCUT2D eigenvalue weighted by Gasteiger charge is 2.19. The quantitative estimate of drug-likeness (QED) is 0.0261. The third kappa shape index (κ3) is 56.9. The summed E-state index contributed by atoms with van der Waals surface area (Å²) >= 11 is 0. The van der Waals surface area contributed by atoms with Gasteiger partial charge in [-0.15, -0.1) is 0 Å². The Morgan fingerprint density at radius 1 is 0.296 bits per heavy atom. The first kappa shape index (κ1) is 67.1. The number of unbranched alkanes of at least 4 members (excludes halogenated alkanes) is 23. The van der Waals surface area contributed by atoms with Crippen LogP contribution in [0.1, 0.15) is 265 Å². The molecule has 1 atom stereocenters. The standard InChI is InChI=1S/C65H108O6/c1-4-7-10-13-15-17-19-21-23-24-25-26-27-28-29-30-31-32-33-34-35-36-37-38-39-40-42-43-45-47-49-52-55-58-64(67)70-61-62(60-69-63(66)57-54-51-12-9-6-3)71-65(68)59-56-53-50-48-46-44-41-22-20-18-16-14-11-8-5-2/h7-8,10-11,15-18,21-23,25-26,28-29,41,46,48,62H,4-6,9,12-14,19-20,24,27,30-40,42-45,47,49-61H2,1-3H3/b10-7-,11-8-,17-15-,18-16-,23-21-,26-25-,29-28-,41-22-,48-46-. The van der Waals surface area contributed by atoms with Crippen LogP contribution in [0.4, 0.5) is 0 Å². The molecule has 0 heterocycles. The number of hydrogen-bond acceptors (Lipinski definition) is 6. The fraction of sp³-hybridized carbons (Fsp3) is 0.677. The Balaban J connectivity index is 3.99.